The Labute approximate surface area is 92.5 Å². The summed E-state index contributed by atoms with van der Waals surface area (Å²) < 4.78 is 0. The second-order valence-electron chi connectivity index (χ2n) is 3.26. The molecule has 1 unspecified atom stereocenters. The molecule has 1 aliphatic heterocycles. The van der Waals surface area contributed by atoms with E-state index in [1.165, 1.54) is 0 Å². The average Bonchev–Trinajstić information content (AvgIpc) is 2.69. The molecule has 0 bridgehead atoms. The predicted molar refractivity (Wildman–Crippen MR) is 64.2 cm³/mol. The molecule has 0 aromatic carbocycles. The molecule has 1 aliphatic rings. The maximum absolute atomic E-state index is 4.26. The van der Waals surface area contributed by atoms with Gasteiger partial charge in [0.25, 0.3) is 0 Å². The minimum Gasteiger partial charge on any atom is -0.323 e. The third kappa shape index (κ3) is 2.30. The van der Waals surface area contributed by atoms with Crippen molar-refractivity contribution in [2.24, 2.45) is 15.9 Å². The summed E-state index contributed by atoms with van der Waals surface area (Å²) in [5, 5.41) is 5.16. The molecule has 0 radical (unpaired) electrons. The van der Waals surface area contributed by atoms with Crippen LogP contribution in [0, 0.1) is 5.92 Å². The van der Waals surface area contributed by atoms with Crippen molar-refractivity contribution in [1.29, 1.82) is 0 Å². The first-order chi connectivity index (χ1) is 7.29. The Hall–Kier alpha value is -1.49. The lowest BCUT2D eigenvalue weighted by molar-refractivity contribution is 1.03. The number of allylic oxidation sites excluding steroid dienone is 1. The van der Waals surface area contributed by atoms with Crippen LogP contribution in [0.25, 0.3) is 5.70 Å². The lowest BCUT2D eigenvalue weighted by Gasteiger charge is -2.05. The van der Waals surface area contributed by atoms with E-state index in [-0.39, 0.29) is 5.92 Å². The van der Waals surface area contributed by atoms with Crippen molar-refractivity contribution in [2.45, 2.75) is 6.92 Å². The SMILES string of the molecule is CN=C1N=CC(C)C=C(c2cscn2)N1. The number of hydrogen-bond donors (Lipinski definition) is 1. The highest BCUT2D eigenvalue weighted by atomic mass is 32.1. The van der Waals surface area contributed by atoms with Gasteiger partial charge in [0.2, 0.25) is 5.96 Å². The summed E-state index contributed by atoms with van der Waals surface area (Å²) in [6.07, 6.45) is 3.96. The maximum atomic E-state index is 4.26. The van der Waals surface area contributed by atoms with Crippen molar-refractivity contribution in [3.63, 3.8) is 0 Å². The molecule has 2 rings (SSSR count). The van der Waals surface area contributed by atoms with E-state index >= 15 is 0 Å². The summed E-state index contributed by atoms with van der Waals surface area (Å²) in [4.78, 5) is 12.5. The van der Waals surface area contributed by atoms with Crippen molar-refractivity contribution in [3.8, 4) is 0 Å². The third-order valence-corrected chi connectivity index (χ3v) is 2.61. The van der Waals surface area contributed by atoms with Gasteiger partial charge < -0.3 is 5.32 Å². The molecule has 1 aromatic heterocycles. The Morgan fingerprint density at radius 2 is 2.40 bits per heavy atom. The van der Waals surface area contributed by atoms with Gasteiger partial charge in [-0.1, -0.05) is 13.0 Å². The van der Waals surface area contributed by atoms with Crippen molar-refractivity contribution in [1.82, 2.24) is 10.3 Å². The van der Waals surface area contributed by atoms with E-state index in [1.807, 2.05) is 17.1 Å². The molecule has 4 nitrogen and oxygen atoms in total. The van der Waals surface area contributed by atoms with Gasteiger partial charge in [-0.2, -0.15) is 0 Å². The summed E-state index contributed by atoms with van der Waals surface area (Å²) in [6.45, 7) is 2.08. The lowest BCUT2D eigenvalue weighted by Crippen LogP contribution is -2.19. The highest BCUT2D eigenvalue weighted by molar-refractivity contribution is 7.07. The summed E-state index contributed by atoms with van der Waals surface area (Å²) in [5.74, 6) is 0.909. The fourth-order valence-electron chi connectivity index (χ4n) is 1.30. The van der Waals surface area contributed by atoms with E-state index in [2.05, 4.69) is 33.3 Å². The van der Waals surface area contributed by atoms with Gasteiger partial charge in [0.1, 0.15) is 0 Å². The Kier molecular flexibility index (Phi) is 2.91. The lowest BCUT2D eigenvalue weighted by atomic mass is 10.1. The minimum atomic E-state index is 0.286. The van der Waals surface area contributed by atoms with Crippen molar-refractivity contribution in [3.05, 3.63) is 22.7 Å². The number of guanidine groups is 1. The van der Waals surface area contributed by atoms with Crippen LogP contribution in [0.15, 0.2) is 27.0 Å². The zero-order chi connectivity index (χ0) is 10.7. The number of rotatable bonds is 1. The molecular weight excluding hydrogens is 208 g/mol. The Bertz CT molecular complexity index is 417. The number of nitrogens with one attached hydrogen (secondary N) is 1. The third-order valence-electron chi connectivity index (χ3n) is 2.03. The number of nitrogens with zero attached hydrogens (tertiary/aromatic N) is 3. The standard InChI is InChI=1S/C10H12N4S/c1-7-3-8(9-5-15-6-13-9)14-10(11-2)12-4-7/h3-7H,1-2H3,(H,11,14). The molecule has 0 spiro atoms. The van der Waals surface area contributed by atoms with Crippen LogP contribution in [0.2, 0.25) is 0 Å². The first-order valence-corrected chi connectivity index (χ1v) is 5.62. The molecule has 0 fully saturated rings. The van der Waals surface area contributed by atoms with E-state index in [1.54, 1.807) is 18.4 Å². The molecule has 5 heteroatoms. The van der Waals surface area contributed by atoms with E-state index < -0.39 is 0 Å². The average molecular weight is 220 g/mol. The fraction of sp³-hybridized carbons (Fsp3) is 0.300. The normalized spacial score (nSPS) is 23.5. The van der Waals surface area contributed by atoms with Crippen LogP contribution in [-0.4, -0.2) is 24.2 Å². The Morgan fingerprint density at radius 1 is 1.53 bits per heavy atom. The number of thiazole rings is 1. The molecule has 0 saturated carbocycles. The van der Waals surface area contributed by atoms with Gasteiger partial charge in [0, 0.05) is 24.6 Å². The summed E-state index contributed by atoms with van der Waals surface area (Å²) in [6, 6.07) is 0. The van der Waals surface area contributed by atoms with Crippen molar-refractivity contribution < 1.29 is 0 Å². The Balaban J connectivity index is 2.33. The van der Waals surface area contributed by atoms with E-state index in [9.17, 15) is 0 Å². The van der Waals surface area contributed by atoms with E-state index in [0.29, 0.717) is 5.96 Å². The maximum Gasteiger partial charge on any atom is 0.221 e. The van der Waals surface area contributed by atoms with Crippen LogP contribution in [0.5, 0.6) is 0 Å². The number of hydrogen-bond acceptors (Lipinski definition) is 3. The van der Waals surface area contributed by atoms with Gasteiger partial charge in [-0.15, -0.1) is 11.3 Å². The molecular formula is C10H12N4S. The van der Waals surface area contributed by atoms with Crippen LogP contribution >= 0.6 is 11.3 Å². The molecule has 1 atom stereocenters. The summed E-state index contributed by atoms with van der Waals surface area (Å²) in [5.41, 5.74) is 3.73. The van der Waals surface area contributed by atoms with Crippen LogP contribution in [0.3, 0.4) is 0 Å². The van der Waals surface area contributed by atoms with Gasteiger partial charge in [0.05, 0.1) is 16.9 Å². The van der Waals surface area contributed by atoms with Gasteiger partial charge in [-0.25, -0.2) is 9.98 Å². The Morgan fingerprint density at radius 3 is 3.07 bits per heavy atom. The zero-order valence-electron chi connectivity index (χ0n) is 8.64. The van der Waals surface area contributed by atoms with Crippen molar-refractivity contribution >= 4 is 29.2 Å². The largest absolute Gasteiger partial charge is 0.323 e. The van der Waals surface area contributed by atoms with Gasteiger partial charge in [0.15, 0.2) is 0 Å². The zero-order valence-corrected chi connectivity index (χ0v) is 9.45. The molecule has 1 aromatic rings. The van der Waals surface area contributed by atoms with Crippen LogP contribution in [-0.2, 0) is 0 Å². The molecule has 0 amide bonds. The highest BCUT2D eigenvalue weighted by Crippen LogP contribution is 2.15. The molecule has 15 heavy (non-hydrogen) atoms. The van der Waals surface area contributed by atoms with E-state index in [4.69, 9.17) is 0 Å². The van der Waals surface area contributed by atoms with E-state index in [0.717, 1.165) is 11.4 Å². The van der Waals surface area contributed by atoms with Crippen LogP contribution in [0.1, 0.15) is 12.6 Å². The molecule has 1 N–H and O–H groups in total. The number of aliphatic imine (C=N–C) groups is 2. The predicted octanol–water partition coefficient (Wildman–Crippen LogP) is 1.78. The second-order valence-corrected chi connectivity index (χ2v) is 3.98. The van der Waals surface area contributed by atoms with Crippen LogP contribution < -0.4 is 5.32 Å². The van der Waals surface area contributed by atoms with Crippen LogP contribution in [0.4, 0.5) is 0 Å². The summed E-state index contributed by atoms with van der Waals surface area (Å²) >= 11 is 1.58. The monoisotopic (exact) mass is 220 g/mol. The van der Waals surface area contributed by atoms with Gasteiger partial charge >= 0.3 is 0 Å². The first kappa shape index (κ1) is 10.0. The molecule has 0 aliphatic carbocycles. The van der Waals surface area contributed by atoms with Gasteiger partial charge in [-0.3, -0.25) is 4.99 Å². The quantitative estimate of drug-likeness (QED) is 0.784. The topological polar surface area (TPSA) is 49.6 Å². The number of aromatic nitrogens is 1. The smallest absolute Gasteiger partial charge is 0.221 e. The molecule has 78 valence electrons. The second kappa shape index (κ2) is 4.35. The van der Waals surface area contributed by atoms with Gasteiger partial charge in [-0.05, 0) is 0 Å². The fourth-order valence-corrected chi connectivity index (χ4v) is 1.85. The molecule has 2 heterocycles. The summed E-state index contributed by atoms with van der Waals surface area (Å²) in [7, 11) is 1.72. The van der Waals surface area contributed by atoms with Crippen molar-refractivity contribution in [2.75, 3.05) is 7.05 Å². The molecule has 0 saturated heterocycles. The first-order valence-electron chi connectivity index (χ1n) is 4.68. The highest BCUT2D eigenvalue weighted by Gasteiger charge is 2.10. The minimum absolute atomic E-state index is 0.286.